The summed E-state index contributed by atoms with van der Waals surface area (Å²) in [7, 11) is -2.01. The van der Waals surface area contributed by atoms with Gasteiger partial charge in [-0.2, -0.15) is 0 Å². The van der Waals surface area contributed by atoms with Crippen molar-refractivity contribution in [1.82, 2.24) is 9.62 Å². The molecule has 1 aromatic carbocycles. The second-order valence-corrected chi connectivity index (χ2v) is 8.61. The molecule has 4 N–H and O–H groups in total. The summed E-state index contributed by atoms with van der Waals surface area (Å²) in [5.74, 6) is -0.511. The van der Waals surface area contributed by atoms with Crippen LogP contribution in [0.3, 0.4) is 0 Å². The molecular weight excluding hydrogens is 368 g/mol. The number of nitrogens with one attached hydrogen (secondary N) is 2. The summed E-state index contributed by atoms with van der Waals surface area (Å²) in [4.78, 5) is 23.7. The molecule has 0 unspecified atom stereocenters. The van der Waals surface area contributed by atoms with Crippen LogP contribution in [0.15, 0.2) is 29.2 Å². The summed E-state index contributed by atoms with van der Waals surface area (Å²) >= 11 is 0. The van der Waals surface area contributed by atoms with Crippen molar-refractivity contribution in [2.45, 2.75) is 51.0 Å². The normalized spacial score (nSPS) is 13.8. The van der Waals surface area contributed by atoms with Crippen LogP contribution >= 0.6 is 0 Å². The molecule has 8 nitrogen and oxygen atoms in total. The lowest BCUT2D eigenvalue weighted by atomic mass is 9.98. The van der Waals surface area contributed by atoms with Crippen LogP contribution in [0.4, 0.5) is 10.5 Å². The fraction of sp³-hybridized carbons (Fsp3) is 0.556. The lowest BCUT2D eigenvalue weighted by Gasteiger charge is -2.22. The standard InChI is InChI=1S/C18H30N4O4S/c1-5-7-12-22(4)27(25,26)15-10-8-14(9-11-15)20-17(23)16(13(3)6-2)21-18(19)24/h8-11,13,16H,5-7,12H2,1-4H3,(H,20,23)(H3,19,21,24)/t13-,16-/m0/s1. The van der Waals surface area contributed by atoms with E-state index in [0.29, 0.717) is 18.7 Å². The molecule has 9 heteroatoms. The number of sulfonamides is 1. The molecule has 0 aliphatic heterocycles. The van der Waals surface area contributed by atoms with E-state index in [-0.39, 0.29) is 10.8 Å². The van der Waals surface area contributed by atoms with Crippen molar-refractivity contribution in [3.05, 3.63) is 24.3 Å². The molecule has 0 aliphatic rings. The highest BCUT2D eigenvalue weighted by molar-refractivity contribution is 7.89. The van der Waals surface area contributed by atoms with Crippen molar-refractivity contribution in [2.75, 3.05) is 18.9 Å². The predicted octanol–water partition coefficient (Wildman–Crippen LogP) is 2.13. The number of rotatable bonds is 10. The van der Waals surface area contributed by atoms with Crippen LogP contribution in [-0.2, 0) is 14.8 Å². The van der Waals surface area contributed by atoms with Gasteiger partial charge in [0.15, 0.2) is 0 Å². The molecule has 152 valence electrons. The van der Waals surface area contributed by atoms with Crippen LogP contribution in [-0.4, -0.2) is 44.3 Å². The molecule has 0 radical (unpaired) electrons. The minimum absolute atomic E-state index is 0.107. The molecule has 0 saturated heterocycles. The van der Waals surface area contributed by atoms with E-state index in [1.165, 1.54) is 28.6 Å². The van der Waals surface area contributed by atoms with E-state index < -0.39 is 28.0 Å². The maximum Gasteiger partial charge on any atom is 0.312 e. The van der Waals surface area contributed by atoms with Crippen LogP contribution in [0.2, 0.25) is 0 Å². The zero-order valence-corrected chi connectivity index (χ0v) is 17.2. The van der Waals surface area contributed by atoms with Crippen molar-refractivity contribution >= 4 is 27.6 Å². The molecule has 0 fully saturated rings. The number of nitrogens with zero attached hydrogens (tertiary/aromatic N) is 1. The van der Waals surface area contributed by atoms with Gasteiger partial charge in [-0.3, -0.25) is 4.79 Å². The molecule has 2 atom stereocenters. The molecule has 27 heavy (non-hydrogen) atoms. The van der Waals surface area contributed by atoms with E-state index in [4.69, 9.17) is 5.73 Å². The Morgan fingerprint density at radius 3 is 2.26 bits per heavy atom. The number of hydrogen-bond acceptors (Lipinski definition) is 4. The number of carbonyl (C=O) groups excluding carboxylic acids is 2. The quantitative estimate of drug-likeness (QED) is 0.559. The molecule has 0 heterocycles. The third-order valence-electron chi connectivity index (χ3n) is 4.45. The topological polar surface area (TPSA) is 122 Å². The van der Waals surface area contributed by atoms with Crippen molar-refractivity contribution in [3.8, 4) is 0 Å². The summed E-state index contributed by atoms with van der Waals surface area (Å²) in [6, 6.07) is 4.41. The molecular formula is C18H30N4O4S. The first-order valence-corrected chi connectivity index (χ1v) is 10.5. The average molecular weight is 399 g/mol. The smallest absolute Gasteiger partial charge is 0.312 e. The lowest BCUT2D eigenvalue weighted by molar-refractivity contribution is -0.119. The highest BCUT2D eigenvalue weighted by Gasteiger charge is 2.25. The van der Waals surface area contributed by atoms with Gasteiger partial charge in [0.05, 0.1) is 4.90 Å². The summed E-state index contributed by atoms with van der Waals surface area (Å²) in [6.45, 7) is 6.19. The van der Waals surface area contributed by atoms with E-state index >= 15 is 0 Å². The van der Waals surface area contributed by atoms with E-state index in [1.807, 2.05) is 20.8 Å². The Morgan fingerprint density at radius 2 is 1.78 bits per heavy atom. The number of carbonyl (C=O) groups is 2. The second kappa shape index (κ2) is 10.3. The highest BCUT2D eigenvalue weighted by atomic mass is 32.2. The van der Waals surface area contributed by atoms with Gasteiger partial charge in [0.2, 0.25) is 15.9 Å². The van der Waals surface area contributed by atoms with Gasteiger partial charge in [-0.25, -0.2) is 17.5 Å². The van der Waals surface area contributed by atoms with Crippen LogP contribution in [0, 0.1) is 5.92 Å². The zero-order valence-electron chi connectivity index (χ0n) is 16.4. The summed E-state index contributed by atoms with van der Waals surface area (Å²) < 4.78 is 26.3. The Hall–Kier alpha value is -2.13. The first kappa shape index (κ1) is 22.9. The number of unbranched alkanes of at least 4 members (excludes halogenated alkanes) is 1. The van der Waals surface area contributed by atoms with Crippen LogP contribution in [0.25, 0.3) is 0 Å². The second-order valence-electron chi connectivity index (χ2n) is 6.57. The van der Waals surface area contributed by atoms with Gasteiger partial charge in [0.25, 0.3) is 0 Å². The van der Waals surface area contributed by atoms with Crippen molar-refractivity contribution in [3.63, 3.8) is 0 Å². The lowest BCUT2D eigenvalue weighted by Crippen LogP contribution is -2.49. The Balaban J connectivity index is 2.89. The number of urea groups is 1. The van der Waals surface area contributed by atoms with E-state index in [1.54, 1.807) is 7.05 Å². The largest absolute Gasteiger partial charge is 0.352 e. The van der Waals surface area contributed by atoms with E-state index in [9.17, 15) is 18.0 Å². The maximum absolute atomic E-state index is 12.5. The van der Waals surface area contributed by atoms with Gasteiger partial charge >= 0.3 is 6.03 Å². The van der Waals surface area contributed by atoms with Gasteiger partial charge in [-0.05, 0) is 36.6 Å². The van der Waals surface area contributed by atoms with Crippen molar-refractivity contribution < 1.29 is 18.0 Å². The number of nitrogens with two attached hydrogens (primary N) is 1. The predicted molar refractivity (Wildman–Crippen MR) is 106 cm³/mol. The fourth-order valence-corrected chi connectivity index (χ4v) is 3.68. The van der Waals surface area contributed by atoms with E-state index in [0.717, 1.165) is 12.8 Å². The first-order valence-electron chi connectivity index (χ1n) is 9.06. The molecule has 1 rings (SSSR count). The minimum atomic E-state index is -3.56. The SMILES string of the molecule is CCCCN(C)S(=O)(=O)c1ccc(NC(=O)[C@@H](NC(N)=O)[C@@H](C)CC)cc1. The van der Waals surface area contributed by atoms with Crippen LogP contribution in [0.1, 0.15) is 40.0 Å². The monoisotopic (exact) mass is 398 g/mol. The van der Waals surface area contributed by atoms with Crippen LogP contribution in [0.5, 0.6) is 0 Å². The highest BCUT2D eigenvalue weighted by Crippen LogP contribution is 2.19. The Labute approximate surface area is 161 Å². The maximum atomic E-state index is 12.5. The third kappa shape index (κ3) is 6.51. The van der Waals surface area contributed by atoms with Crippen molar-refractivity contribution in [2.24, 2.45) is 11.7 Å². The zero-order chi connectivity index (χ0) is 20.6. The number of anilines is 1. The summed E-state index contributed by atoms with van der Waals surface area (Å²) in [5, 5.41) is 5.13. The van der Waals surface area contributed by atoms with Gasteiger partial charge in [-0.1, -0.05) is 33.6 Å². The fourth-order valence-electron chi connectivity index (χ4n) is 2.47. The van der Waals surface area contributed by atoms with Crippen LogP contribution < -0.4 is 16.4 Å². The summed E-state index contributed by atoms with van der Waals surface area (Å²) in [5.41, 5.74) is 5.59. The van der Waals surface area contributed by atoms with E-state index in [2.05, 4.69) is 10.6 Å². The molecule has 0 spiro atoms. The van der Waals surface area contributed by atoms with Crippen molar-refractivity contribution in [1.29, 1.82) is 0 Å². The molecule has 3 amide bonds. The Kier molecular flexibility index (Phi) is 8.71. The molecule has 0 aliphatic carbocycles. The minimum Gasteiger partial charge on any atom is -0.352 e. The molecule has 1 aromatic rings. The number of hydrogen-bond donors (Lipinski definition) is 3. The Morgan fingerprint density at radius 1 is 1.19 bits per heavy atom. The third-order valence-corrected chi connectivity index (χ3v) is 6.32. The molecule has 0 bridgehead atoms. The number of amides is 3. The molecule has 0 aromatic heterocycles. The summed E-state index contributed by atoms with van der Waals surface area (Å²) in [6.07, 6.45) is 2.37. The number of primary amides is 1. The average Bonchev–Trinajstić information content (AvgIpc) is 2.63. The van der Waals surface area contributed by atoms with Gasteiger partial charge in [0.1, 0.15) is 6.04 Å². The number of benzene rings is 1. The van der Waals surface area contributed by atoms with Gasteiger partial charge in [-0.15, -0.1) is 0 Å². The van der Waals surface area contributed by atoms with Gasteiger partial charge in [0, 0.05) is 19.3 Å². The van der Waals surface area contributed by atoms with Gasteiger partial charge < -0.3 is 16.4 Å². The molecule has 0 saturated carbocycles. The first-order chi connectivity index (χ1) is 12.6. The Bertz CT molecular complexity index is 734.